The number of hydrogen-bond acceptors (Lipinski definition) is 3. The van der Waals surface area contributed by atoms with E-state index in [0.717, 1.165) is 18.2 Å². The van der Waals surface area contributed by atoms with E-state index in [1.165, 1.54) is 0 Å². The standard InChI is InChI=1S/C14H18F2N2O3S/c1-9-7-10(8-9)22(20,21)18-6-5-17-14(19)13-11(15)3-2-4-12(13)16/h2-4,9-10,18H,5-8H2,1H3,(H,17,19). The van der Waals surface area contributed by atoms with Crippen molar-refractivity contribution in [3.63, 3.8) is 0 Å². The fourth-order valence-corrected chi connectivity index (χ4v) is 4.16. The highest BCUT2D eigenvalue weighted by atomic mass is 32.2. The van der Waals surface area contributed by atoms with E-state index in [4.69, 9.17) is 0 Å². The van der Waals surface area contributed by atoms with Crippen LogP contribution in [0.1, 0.15) is 30.1 Å². The average molecular weight is 332 g/mol. The highest BCUT2D eigenvalue weighted by Gasteiger charge is 2.35. The molecule has 1 aliphatic rings. The molecule has 122 valence electrons. The summed E-state index contributed by atoms with van der Waals surface area (Å²) in [7, 11) is -3.38. The summed E-state index contributed by atoms with van der Waals surface area (Å²) in [4.78, 5) is 11.7. The van der Waals surface area contributed by atoms with Crippen molar-refractivity contribution in [2.24, 2.45) is 5.92 Å². The first-order chi connectivity index (χ1) is 10.3. The Labute approximate surface area is 128 Å². The van der Waals surface area contributed by atoms with Gasteiger partial charge in [0.2, 0.25) is 10.0 Å². The van der Waals surface area contributed by atoms with Gasteiger partial charge in [-0.2, -0.15) is 0 Å². The van der Waals surface area contributed by atoms with E-state index < -0.39 is 33.1 Å². The molecule has 0 atom stereocenters. The van der Waals surface area contributed by atoms with Crippen molar-refractivity contribution in [1.82, 2.24) is 10.0 Å². The minimum absolute atomic E-state index is 0.0188. The molecule has 1 amide bonds. The Morgan fingerprint density at radius 1 is 1.23 bits per heavy atom. The number of amides is 1. The van der Waals surface area contributed by atoms with Crippen LogP contribution < -0.4 is 10.0 Å². The van der Waals surface area contributed by atoms with Crippen LogP contribution in [0, 0.1) is 17.6 Å². The first kappa shape index (κ1) is 16.8. The molecular weight excluding hydrogens is 314 g/mol. The van der Waals surface area contributed by atoms with Crippen LogP contribution in [0.15, 0.2) is 18.2 Å². The summed E-state index contributed by atoms with van der Waals surface area (Å²) in [6.07, 6.45) is 1.25. The molecule has 1 aliphatic carbocycles. The summed E-state index contributed by atoms with van der Waals surface area (Å²) in [5.41, 5.74) is -0.668. The Kier molecular flexibility index (Phi) is 5.12. The van der Waals surface area contributed by atoms with Gasteiger partial charge in [-0.25, -0.2) is 21.9 Å². The van der Waals surface area contributed by atoms with Gasteiger partial charge >= 0.3 is 0 Å². The molecule has 0 radical (unpaired) electrons. The first-order valence-electron chi connectivity index (χ1n) is 7.02. The summed E-state index contributed by atoms with van der Waals surface area (Å²) < 4.78 is 52.8. The maximum atomic E-state index is 13.4. The molecule has 2 rings (SSSR count). The quantitative estimate of drug-likeness (QED) is 0.774. The molecule has 0 bridgehead atoms. The molecule has 1 fully saturated rings. The third-order valence-corrected chi connectivity index (χ3v) is 5.54. The van der Waals surface area contributed by atoms with Crippen LogP contribution in [0.2, 0.25) is 0 Å². The normalized spacial score (nSPS) is 21.2. The lowest BCUT2D eigenvalue weighted by Crippen LogP contribution is -2.44. The van der Waals surface area contributed by atoms with Crippen LogP contribution in [-0.4, -0.2) is 32.7 Å². The Morgan fingerprint density at radius 3 is 2.36 bits per heavy atom. The average Bonchev–Trinajstić information content (AvgIpc) is 2.40. The number of nitrogens with one attached hydrogen (secondary N) is 2. The minimum Gasteiger partial charge on any atom is -0.351 e. The van der Waals surface area contributed by atoms with Gasteiger partial charge in [-0.3, -0.25) is 4.79 Å². The Morgan fingerprint density at radius 2 is 1.82 bits per heavy atom. The molecule has 1 aromatic carbocycles. The topological polar surface area (TPSA) is 75.3 Å². The highest BCUT2D eigenvalue weighted by Crippen LogP contribution is 2.31. The van der Waals surface area contributed by atoms with Crippen molar-refractivity contribution >= 4 is 15.9 Å². The Hall–Kier alpha value is -1.54. The van der Waals surface area contributed by atoms with Crippen LogP contribution in [0.4, 0.5) is 8.78 Å². The van der Waals surface area contributed by atoms with Crippen molar-refractivity contribution in [3.8, 4) is 0 Å². The Balaban J connectivity index is 1.80. The van der Waals surface area contributed by atoms with E-state index >= 15 is 0 Å². The van der Waals surface area contributed by atoms with Crippen LogP contribution >= 0.6 is 0 Å². The predicted octanol–water partition coefficient (Wildman–Crippen LogP) is 1.41. The monoisotopic (exact) mass is 332 g/mol. The number of carbonyl (C=O) groups is 1. The Bertz CT molecular complexity index is 638. The van der Waals surface area contributed by atoms with Crippen molar-refractivity contribution < 1.29 is 22.0 Å². The molecule has 0 heterocycles. The third kappa shape index (κ3) is 3.80. The molecule has 0 unspecified atom stereocenters. The molecule has 2 N–H and O–H groups in total. The van der Waals surface area contributed by atoms with Gasteiger partial charge in [-0.15, -0.1) is 0 Å². The van der Waals surface area contributed by atoms with Crippen LogP contribution in [0.25, 0.3) is 0 Å². The van der Waals surface area contributed by atoms with Gasteiger partial charge in [0.05, 0.1) is 5.25 Å². The summed E-state index contributed by atoms with van der Waals surface area (Å²) in [6.45, 7) is 1.92. The molecule has 0 spiro atoms. The third-order valence-electron chi connectivity index (χ3n) is 3.67. The van der Waals surface area contributed by atoms with E-state index in [1.54, 1.807) is 0 Å². The maximum absolute atomic E-state index is 13.4. The molecular formula is C14H18F2N2O3S. The second kappa shape index (κ2) is 6.70. The van der Waals surface area contributed by atoms with E-state index in [1.807, 2.05) is 6.92 Å². The maximum Gasteiger partial charge on any atom is 0.257 e. The number of hydrogen-bond donors (Lipinski definition) is 2. The van der Waals surface area contributed by atoms with Gasteiger partial charge in [0.1, 0.15) is 17.2 Å². The van der Waals surface area contributed by atoms with Crippen molar-refractivity contribution in [2.75, 3.05) is 13.1 Å². The van der Waals surface area contributed by atoms with Gasteiger partial charge in [-0.1, -0.05) is 13.0 Å². The van der Waals surface area contributed by atoms with Gasteiger partial charge < -0.3 is 5.32 Å². The van der Waals surface area contributed by atoms with E-state index in [2.05, 4.69) is 10.0 Å². The SMILES string of the molecule is CC1CC(S(=O)(=O)NCCNC(=O)c2c(F)cccc2F)C1. The largest absolute Gasteiger partial charge is 0.351 e. The van der Waals surface area contributed by atoms with Crippen LogP contribution in [-0.2, 0) is 10.0 Å². The molecule has 8 heteroatoms. The number of carbonyl (C=O) groups excluding carboxylic acids is 1. The number of sulfonamides is 1. The summed E-state index contributed by atoms with van der Waals surface area (Å²) in [5.74, 6) is -2.42. The highest BCUT2D eigenvalue weighted by molar-refractivity contribution is 7.90. The fraction of sp³-hybridized carbons (Fsp3) is 0.500. The number of benzene rings is 1. The van der Waals surface area contributed by atoms with Gasteiger partial charge in [0, 0.05) is 13.1 Å². The van der Waals surface area contributed by atoms with E-state index in [9.17, 15) is 22.0 Å². The molecule has 0 saturated heterocycles. The molecule has 5 nitrogen and oxygen atoms in total. The summed E-state index contributed by atoms with van der Waals surface area (Å²) in [6, 6.07) is 3.13. The number of rotatable bonds is 6. The molecule has 0 aliphatic heterocycles. The van der Waals surface area contributed by atoms with Gasteiger partial charge in [0.15, 0.2) is 0 Å². The van der Waals surface area contributed by atoms with Crippen LogP contribution in [0.5, 0.6) is 0 Å². The van der Waals surface area contributed by atoms with E-state index in [0.29, 0.717) is 18.8 Å². The molecule has 0 aromatic heterocycles. The van der Waals surface area contributed by atoms with Crippen molar-refractivity contribution in [2.45, 2.75) is 25.0 Å². The summed E-state index contributed by atoms with van der Waals surface area (Å²) >= 11 is 0. The fourth-order valence-electron chi connectivity index (χ4n) is 2.37. The van der Waals surface area contributed by atoms with Gasteiger partial charge in [-0.05, 0) is 30.9 Å². The predicted molar refractivity (Wildman–Crippen MR) is 77.8 cm³/mol. The van der Waals surface area contributed by atoms with Crippen LogP contribution in [0.3, 0.4) is 0 Å². The van der Waals surface area contributed by atoms with Crippen molar-refractivity contribution in [1.29, 1.82) is 0 Å². The van der Waals surface area contributed by atoms with E-state index in [-0.39, 0.29) is 18.3 Å². The smallest absolute Gasteiger partial charge is 0.257 e. The lowest BCUT2D eigenvalue weighted by Gasteiger charge is -2.32. The second-order valence-corrected chi connectivity index (χ2v) is 7.54. The lowest BCUT2D eigenvalue weighted by molar-refractivity contribution is 0.0946. The zero-order valence-electron chi connectivity index (χ0n) is 12.1. The second-order valence-electron chi connectivity index (χ2n) is 5.49. The zero-order valence-corrected chi connectivity index (χ0v) is 12.9. The minimum atomic E-state index is -3.38. The number of halogens is 2. The molecule has 1 aromatic rings. The zero-order chi connectivity index (χ0) is 16.3. The van der Waals surface area contributed by atoms with Gasteiger partial charge in [0.25, 0.3) is 5.91 Å². The first-order valence-corrected chi connectivity index (χ1v) is 8.56. The van der Waals surface area contributed by atoms with Crippen molar-refractivity contribution in [3.05, 3.63) is 35.4 Å². The lowest BCUT2D eigenvalue weighted by atomic mass is 9.87. The summed E-state index contributed by atoms with van der Waals surface area (Å²) in [5, 5.41) is 1.90. The molecule has 22 heavy (non-hydrogen) atoms. The molecule has 1 saturated carbocycles.